The summed E-state index contributed by atoms with van der Waals surface area (Å²) in [6, 6.07) is 0.767. The van der Waals surface area contributed by atoms with Crippen LogP contribution in [-0.2, 0) is 4.74 Å². The van der Waals surface area contributed by atoms with Crippen LogP contribution < -0.4 is 10.2 Å². The van der Waals surface area contributed by atoms with Gasteiger partial charge in [0.15, 0.2) is 5.13 Å². The van der Waals surface area contributed by atoms with Gasteiger partial charge in [0, 0.05) is 18.0 Å². The second-order valence-corrected chi connectivity index (χ2v) is 5.68. The van der Waals surface area contributed by atoms with E-state index in [9.17, 15) is 0 Å². The molecule has 1 N–H and O–H groups in total. The summed E-state index contributed by atoms with van der Waals surface area (Å²) < 4.78 is 5.46. The lowest BCUT2D eigenvalue weighted by Gasteiger charge is -2.32. The van der Waals surface area contributed by atoms with Crippen molar-refractivity contribution < 1.29 is 4.74 Å². The van der Waals surface area contributed by atoms with Crippen molar-refractivity contribution >= 4 is 16.5 Å². The normalized spacial score (nSPS) is 22.2. The van der Waals surface area contributed by atoms with Crippen LogP contribution in [0.15, 0.2) is 5.38 Å². The van der Waals surface area contributed by atoms with Crippen LogP contribution in [0.25, 0.3) is 0 Å². The standard InChI is InChI=1S/C13H23N3OS/c1-4-5-14-11(3)12-9-18-13(15-12)16-6-7-17-8-10(16)2/h9-11,14H,4-8H2,1-3H3. The zero-order valence-electron chi connectivity index (χ0n) is 11.5. The maximum Gasteiger partial charge on any atom is 0.185 e. The molecule has 1 saturated heterocycles. The van der Waals surface area contributed by atoms with Gasteiger partial charge in [-0.05, 0) is 26.8 Å². The van der Waals surface area contributed by atoms with Crippen molar-refractivity contribution in [3.8, 4) is 0 Å². The highest BCUT2D eigenvalue weighted by Gasteiger charge is 2.22. The fraction of sp³-hybridized carbons (Fsp3) is 0.769. The second-order valence-electron chi connectivity index (χ2n) is 4.85. The molecule has 2 atom stereocenters. The highest BCUT2D eigenvalue weighted by molar-refractivity contribution is 7.13. The molecular weight excluding hydrogens is 246 g/mol. The summed E-state index contributed by atoms with van der Waals surface area (Å²) in [4.78, 5) is 7.11. The van der Waals surface area contributed by atoms with E-state index in [1.807, 2.05) is 0 Å². The summed E-state index contributed by atoms with van der Waals surface area (Å²) in [5.41, 5.74) is 1.15. The summed E-state index contributed by atoms with van der Waals surface area (Å²) in [6.45, 7) is 10.2. The van der Waals surface area contributed by atoms with Gasteiger partial charge >= 0.3 is 0 Å². The number of morpholine rings is 1. The smallest absolute Gasteiger partial charge is 0.185 e. The Morgan fingerprint density at radius 2 is 2.50 bits per heavy atom. The molecule has 1 aromatic heterocycles. The molecule has 102 valence electrons. The summed E-state index contributed by atoms with van der Waals surface area (Å²) >= 11 is 1.74. The molecule has 0 spiro atoms. The molecule has 5 heteroatoms. The molecule has 0 radical (unpaired) electrons. The average molecular weight is 269 g/mol. The van der Waals surface area contributed by atoms with Gasteiger partial charge in [0.25, 0.3) is 0 Å². The average Bonchev–Trinajstić information content (AvgIpc) is 2.86. The molecule has 0 amide bonds. The third-order valence-corrected chi connectivity index (χ3v) is 4.16. The molecule has 1 aliphatic rings. The lowest BCUT2D eigenvalue weighted by Crippen LogP contribution is -2.43. The number of hydrogen-bond donors (Lipinski definition) is 1. The Balaban J connectivity index is 2.00. The first-order chi connectivity index (χ1) is 8.72. The number of aromatic nitrogens is 1. The van der Waals surface area contributed by atoms with E-state index in [1.54, 1.807) is 11.3 Å². The first-order valence-corrected chi connectivity index (χ1v) is 7.63. The molecule has 0 saturated carbocycles. The Morgan fingerprint density at radius 1 is 1.67 bits per heavy atom. The fourth-order valence-electron chi connectivity index (χ4n) is 2.08. The van der Waals surface area contributed by atoms with E-state index in [2.05, 4.69) is 36.4 Å². The topological polar surface area (TPSA) is 37.4 Å². The van der Waals surface area contributed by atoms with Crippen molar-refractivity contribution in [2.45, 2.75) is 39.3 Å². The Morgan fingerprint density at radius 3 is 3.22 bits per heavy atom. The molecule has 1 aliphatic heterocycles. The molecule has 1 fully saturated rings. The molecule has 18 heavy (non-hydrogen) atoms. The lowest BCUT2D eigenvalue weighted by molar-refractivity contribution is 0.0989. The van der Waals surface area contributed by atoms with Crippen LogP contribution in [0.2, 0.25) is 0 Å². The van der Waals surface area contributed by atoms with Crippen molar-refractivity contribution in [2.75, 3.05) is 31.2 Å². The predicted octanol–water partition coefficient (Wildman–Crippen LogP) is 2.43. The molecule has 2 rings (SSSR count). The van der Waals surface area contributed by atoms with E-state index in [0.29, 0.717) is 12.1 Å². The van der Waals surface area contributed by atoms with Crippen molar-refractivity contribution in [2.24, 2.45) is 0 Å². The van der Waals surface area contributed by atoms with Crippen molar-refractivity contribution in [3.63, 3.8) is 0 Å². The summed E-state index contributed by atoms with van der Waals surface area (Å²) in [6.07, 6.45) is 1.15. The van der Waals surface area contributed by atoms with E-state index in [4.69, 9.17) is 9.72 Å². The molecule has 4 nitrogen and oxygen atoms in total. The lowest BCUT2D eigenvalue weighted by atomic mass is 10.2. The Hall–Kier alpha value is -0.650. The molecule has 2 unspecified atom stereocenters. The molecule has 0 bridgehead atoms. The van der Waals surface area contributed by atoms with Gasteiger partial charge in [0.2, 0.25) is 0 Å². The zero-order chi connectivity index (χ0) is 13.0. The summed E-state index contributed by atoms with van der Waals surface area (Å²) in [5.74, 6) is 0. The predicted molar refractivity (Wildman–Crippen MR) is 76.4 cm³/mol. The van der Waals surface area contributed by atoms with E-state index >= 15 is 0 Å². The van der Waals surface area contributed by atoms with Gasteiger partial charge in [-0.2, -0.15) is 0 Å². The minimum atomic E-state index is 0.339. The maximum atomic E-state index is 5.46. The van der Waals surface area contributed by atoms with Crippen LogP contribution in [0, 0.1) is 0 Å². The monoisotopic (exact) mass is 269 g/mol. The minimum absolute atomic E-state index is 0.339. The quantitative estimate of drug-likeness (QED) is 0.891. The van der Waals surface area contributed by atoms with E-state index in [-0.39, 0.29) is 0 Å². The van der Waals surface area contributed by atoms with Crippen molar-refractivity contribution in [1.29, 1.82) is 0 Å². The molecule has 0 aliphatic carbocycles. The van der Waals surface area contributed by atoms with Gasteiger partial charge in [0.05, 0.1) is 24.9 Å². The molecule has 0 aromatic carbocycles. The second kappa shape index (κ2) is 6.50. The molecule has 1 aromatic rings. The number of hydrogen-bond acceptors (Lipinski definition) is 5. The van der Waals surface area contributed by atoms with Gasteiger partial charge in [0.1, 0.15) is 0 Å². The SMILES string of the molecule is CCCNC(C)c1csc(N2CCOCC2C)n1. The Kier molecular flexibility index (Phi) is 4.97. The van der Waals surface area contributed by atoms with Crippen LogP contribution in [0.3, 0.4) is 0 Å². The van der Waals surface area contributed by atoms with Crippen LogP contribution in [-0.4, -0.2) is 37.3 Å². The van der Waals surface area contributed by atoms with Gasteiger partial charge in [-0.3, -0.25) is 0 Å². The largest absolute Gasteiger partial charge is 0.377 e. The number of thiazole rings is 1. The van der Waals surface area contributed by atoms with Crippen molar-refractivity contribution in [1.82, 2.24) is 10.3 Å². The number of ether oxygens (including phenoxy) is 1. The van der Waals surface area contributed by atoms with Crippen LogP contribution in [0.5, 0.6) is 0 Å². The van der Waals surface area contributed by atoms with Gasteiger partial charge in [-0.1, -0.05) is 6.92 Å². The number of rotatable bonds is 5. The molecule has 2 heterocycles. The van der Waals surface area contributed by atoms with E-state index in [0.717, 1.165) is 43.5 Å². The fourth-order valence-corrected chi connectivity index (χ4v) is 3.13. The Bertz CT molecular complexity index is 369. The highest BCUT2D eigenvalue weighted by Crippen LogP contribution is 2.26. The zero-order valence-corrected chi connectivity index (χ0v) is 12.3. The number of nitrogens with zero attached hydrogens (tertiary/aromatic N) is 2. The van der Waals surface area contributed by atoms with Gasteiger partial charge in [-0.15, -0.1) is 11.3 Å². The Labute approximate surface area is 113 Å². The van der Waals surface area contributed by atoms with E-state index in [1.165, 1.54) is 0 Å². The highest BCUT2D eigenvalue weighted by atomic mass is 32.1. The van der Waals surface area contributed by atoms with Gasteiger partial charge in [-0.25, -0.2) is 4.98 Å². The van der Waals surface area contributed by atoms with Crippen LogP contribution >= 0.6 is 11.3 Å². The summed E-state index contributed by atoms with van der Waals surface area (Å²) in [7, 11) is 0. The summed E-state index contributed by atoms with van der Waals surface area (Å²) in [5, 5.41) is 6.78. The minimum Gasteiger partial charge on any atom is -0.377 e. The number of anilines is 1. The third kappa shape index (κ3) is 3.22. The van der Waals surface area contributed by atoms with Crippen molar-refractivity contribution in [3.05, 3.63) is 11.1 Å². The number of nitrogens with one attached hydrogen (secondary N) is 1. The maximum absolute atomic E-state index is 5.46. The first-order valence-electron chi connectivity index (χ1n) is 6.75. The van der Waals surface area contributed by atoms with Crippen LogP contribution in [0.4, 0.5) is 5.13 Å². The first kappa shape index (κ1) is 13.8. The third-order valence-electron chi connectivity index (χ3n) is 3.27. The van der Waals surface area contributed by atoms with E-state index < -0.39 is 0 Å². The molecular formula is C13H23N3OS. The van der Waals surface area contributed by atoms with Crippen LogP contribution in [0.1, 0.15) is 38.9 Å². The van der Waals surface area contributed by atoms with Gasteiger partial charge < -0.3 is 15.0 Å².